The third-order valence-electron chi connectivity index (χ3n) is 5.50. The van der Waals surface area contributed by atoms with Crippen LogP contribution in [0.5, 0.6) is 0 Å². The molecule has 0 saturated carbocycles. The fourth-order valence-corrected chi connectivity index (χ4v) is 3.84. The monoisotopic (exact) mass is 430 g/mol. The van der Waals surface area contributed by atoms with E-state index in [2.05, 4.69) is 11.4 Å². The van der Waals surface area contributed by atoms with E-state index in [1.807, 2.05) is 89.6 Å². The third kappa shape index (κ3) is 5.01. The molecule has 0 fully saturated rings. The van der Waals surface area contributed by atoms with Crippen LogP contribution in [0.25, 0.3) is 17.0 Å². The van der Waals surface area contributed by atoms with Crippen molar-refractivity contribution < 1.29 is 4.79 Å². The van der Waals surface area contributed by atoms with Crippen LogP contribution in [0.2, 0.25) is 0 Å². The highest BCUT2D eigenvalue weighted by molar-refractivity contribution is 6.04. The number of carbonyl (C=O) groups excluding carboxylic acids is 1. The maximum Gasteiger partial charge on any atom is 0.261 e. The van der Waals surface area contributed by atoms with Gasteiger partial charge in [-0.3, -0.25) is 4.79 Å². The van der Waals surface area contributed by atoms with Crippen molar-refractivity contribution in [3.05, 3.63) is 113 Å². The van der Waals surface area contributed by atoms with Gasteiger partial charge in [0.15, 0.2) is 0 Å². The molecule has 160 valence electrons. The summed E-state index contributed by atoms with van der Waals surface area (Å²) >= 11 is 0. The molecule has 4 aromatic rings. The number of carbonyl (C=O) groups is 1. The van der Waals surface area contributed by atoms with Gasteiger partial charge in [-0.2, -0.15) is 10.5 Å². The van der Waals surface area contributed by atoms with E-state index >= 15 is 0 Å². The summed E-state index contributed by atoms with van der Waals surface area (Å²) in [6.45, 7) is 0.970. The van der Waals surface area contributed by atoms with Crippen LogP contribution in [-0.4, -0.2) is 17.0 Å². The number of nitrogens with one attached hydrogen (secondary N) is 1. The first-order valence-corrected chi connectivity index (χ1v) is 10.7. The van der Waals surface area contributed by atoms with Crippen LogP contribution in [0, 0.1) is 22.7 Å². The summed E-state index contributed by atoms with van der Waals surface area (Å²) < 4.78 is 2.04. The Bertz CT molecular complexity index is 1400. The van der Waals surface area contributed by atoms with Gasteiger partial charge in [-0.25, -0.2) is 0 Å². The highest BCUT2D eigenvalue weighted by Crippen LogP contribution is 2.25. The van der Waals surface area contributed by atoms with Gasteiger partial charge in [-0.1, -0.05) is 66.7 Å². The van der Waals surface area contributed by atoms with Gasteiger partial charge in [-0.15, -0.1) is 0 Å². The number of hydrogen-bond acceptors (Lipinski definition) is 3. The number of nitriles is 2. The normalized spacial score (nSPS) is 11.0. The fraction of sp³-hybridized carbons (Fsp3) is 0.107. The van der Waals surface area contributed by atoms with Crippen LogP contribution in [-0.2, 0) is 17.8 Å². The van der Waals surface area contributed by atoms with E-state index in [9.17, 15) is 15.3 Å². The van der Waals surface area contributed by atoms with Crippen molar-refractivity contribution >= 4 is 22.9 Å². The third-order valence-corrected chi connectivity index (χ3v) is 5.50. The topological polar surface area (TPSA) is 81.6 Å². The lowest BCUT2D eigenvalue weighted by atomic mass is 10.1. The van der Waals surface area contributed by atoms with Gasteiger partial charge in [0.05, 0.1) is 11.6 Å². The maximum absolute atomic E-state index is 12.6. The SMILES string of the molecule is N#C/C(=C\c1cn(Cc2ccccc2C#N)c2ccccc12)C(=O)NCCc1ccccc1. The molecule has 0 radical (unpaired) electrons. The fourth-order valence-electron chi connectivity index (χ4n) is 3.84. The lowest BCUT2D eigenvalue weighted by Gasteiger charge is -2.07. The number of para-hydroxylation sites is 1. The van der Waals surface area contributed by atoms with Crippen LogP contribution in [0.15, 0.2) is 90.6 Å². The average Bonchev–Trinajstić information content (AvgIpc) is 3.20. The minimum atomic E-state index is -0.389. The molecule has 0 aliphatic carbocycles. The lowest BCUT2D eigenvalue weighted by Crippen LogP contribution is -2.26. The first-order valence-electron chi connectivity index (χ1n) is 10.7. The number of benzene rings is 3. The summed E-state index contributed by atoms with van der Waals surface area (Å²) in [5.41, 5.74) is 4.48. The summed E-state index contributed by atoms with van der Waals surface area (Å²) in [5.74, 6) is -0.389. The van der Waals surface area contributed by atoms with Crippen molar-refractivity contribution in [3.63, 3.8) is 0 Å². The van der Waals surface area contributed by atoms with Crippen molar-refractivity contribution in [1.82, 2.24) is 9.88 Å². The van der Waals surface area contributed by atoms with E-state index in [1.54, 1.807) is 12.1 Å². The van der Waals surface area contributed by atoms with E-state index in [1.165, 1.54) is 0 Å². The Morgan fingerprint density at radius 2 is 1.67 bits per heavy atom. The Balaban J connectivity index is 1.58. The summed E-state index contributed by atoms with van der Waals surface area (Å²) in [7, 11) is 0. The predicted octanol–water partition coefficient (Wildman–Crippen LogP) is 4.83. The second kappa shape index (κ2) is 10.1. The molecule has 0 atom stereocenters. The van der Waals surface area contributed by atoms with Gasteiger partial charge in [0, 0.05) is 35.8 Å². The Morgan fingerprint density at radius 3 is 2.45 bits per heavy atom. The number of rotatable bonds is 7. The van der Waals surface area contributed by atoms with E-state index in [4.69, 9.17) is 0 Å². The Morgan fingerprint density at radius 1 is 0.939 bits per heavy atom. The molecule has 0 aliphatic rings. The summed E-state index contributed by atoms with van der Waals surface area (Å²) in [5, 5.41) is 22.8. The van der Waals surface area contributed by atoms with Gasteiger partial charge < -0.3 is 9.88 Å². The molecule has 0 spiro atoms. The molecular weight excluding hydrogens is 408 g/mol. The van der Waals surface area contributed by atoms with Gasteiger partial charge in [-0.05, 0) is 35.8 Å². The van der Waals surface area contributed by atoms with Crippen LogP contribution < -0.4 is 5.32 Å². The number of nitrogens with zero attached hydrogens (tertiary/aromatic N) is 3. The molecule has 1 heterocycles. The molecule has 5 nitrogen and oxygen atoms in total. The Hall–Kier alpha value is -4.61. The van der Waals surface area contributed by atoms with E-state index in [0.717, 1.165) is 27.6 Å². The molecule has 0 aliphatic heterocycles. The highest BCUT2D eigenvalue weighted by Gasteiger charge is 2.13. The van der Waals surface area contributed by atoms with Crippen molar-refractivity contribution in [3.8, 4) is 12.1 Å². The molecule has 33 heavy (non-hydrogen) atoms. The van der Waals surface area contributed by atoms with Crippen molar-refractivity contribution in [2.45, 2.75) is 13.0 Å². The summed E-state index contributed by atoms with van der Waals surface area (Å²) in [6, 6.07) is 29.5. The average molecular weight is 431 g/mol. The molecule has 0 saturated heterocycles. The molecule has 3 aromatic carbocycles. The minimum absolute atomic E-state index is 0.0587. The van der Waals surface area contributed by atoms with E-state index < -0.39 is 0 Å². The van der Waals surface area contributed by atoms with Crippen LogP contribution >= 0.6 is 0 Å². The van der Waals surface area contributed by atoms with Gasteiger partial charge in [0.2, 0.25) is 0 Å². The zero-order valence-corrected chi connectivity index (χ0v) is 18.0. The number of amides is 1. The zero-order chi connectivity index (χ0) is 23.0. The van der Waals surface area contributed by atoms with E-state index in [-0.39, 0.29) is 11.5 Å². The van der Waals surface area contributed by atoms with Crippen LogP contribution in [0.4, 0.5) is 0 Å². The number of aromatic nitrogens is 1. The van der Waals surface area contributed by atoms with Crippen molar-refractivity contribution in [2.24, 2.45) is 0 Å². The minimum Gasteiger partial charge on any atom is -0.351 e. The smallest absolute Gasteiger partial charge is 0.261 e. The molecule has 0 unspecified atom stereocenters. The zero-order valence-electron chi connectivity index (χ0n) is 18.0. The lowest BCUT2D eigenvalue weighted by molar-refractivity contribution is -0.117. The Labute approximate surface area is 192 Å². The maximum atomic E-state index is 12.6. The standard InChI is InChI=1S/C28H22N4O/c29-17-22-10-4-5-11-23(22)19-32-20-25(26-12-6-7-13-27(26)32)16-24(18-30)28(33)31-15-14-21-8-2-1-3-9-21/h1-13,16,20H,14-15,19H2,(H,31,33)/b24-16+. The van der Waals surface area contributed by atoms with Crippen LogP contribution in [0.1, 0.15) is 22.3 Å². The van der Waals surface area contributed by atoms with Crippen LogP contribution in [0.3, 0.4) is 0 Å². The second-order valence-electron chi connectivity index (χ2n) is 7.66. The molecule has 1 amide bonds. The van der Waals surface area contributed by atoms with Crippen molar-refractivity contribution in [1.29, 1.82) is 10.5 Å². The molecule has 4 rings (SSSR count). The molecule has 5 heteroatoms. The molecule has 0 bridgehead atoms. The number of hydrogen-bond donors (Lipinski definition) is 1. The van der Waals surface area contributed by atoms with Gasteiger partial charge in [0.25, 0.3) is 5.91 Å². The summed E-state index contributed by atoms with van der Waals surface area (Å²) in [4.78, 5) is 12.6. The van der Waals surface area contributed by atoms with Gasteiger partial charge >= 0.3 is 0 Å². The largest absolute Gasteiger partial charge is 0.351 e. The van der Waals surface area contributed by atoms with Crippen molar-refractivity contribution in [2.75, 3.05) is 6.54 Å². The van der Waals surface area contributed by atoms with Gasteiger partial charge in [0.1, 0.15) is 11.6 Å². The summed E-state index contributed by atoms with van der Waals surface area (Å²) in [6.07, 6.45) is 4.25. The quantitative estimate of drug-likeness (QED) is 0.337. The van der Waals surface area contributed by atoms with E-state index in [0.29, 0.717) is 25.1 Å². The first-order chi connectivity index (χ1) is 16.2. The molecule has 1 N–H and O–H groups in total. The Kier molecular flexibility index (Phi) is 6.64. The first kappa shape index (κ1) is 21.6. The molecule has 1 aromatic heterocycles. The molecular formula is C28H22N4O. The number of fused-ring (bicyclic) bond motifs is 1. The predicted molar refractivity (Wildman–Crippen MR) is 129 cm³/mol. The highest BCUT2D eigenvalue weighted by atomic mass is 16.1. The second-order valence-corrected chi connectivity index (χ2v) is 7.66.